The molecule has 1 heterocycles. The van der Waals surface area contributed by atoms with E-state index in [1.807, 2.05) is 24.3 Å². The van der Waals surface area contributed by atoms with Crippen LogP contribution in [0.4, 0.5) is 0 Å². The minimum atomic E-state index is -0.325. The Bertz CT molecular complexity index is 457. The van der Waals surface area contributed by atoms with E-state index in [1.165, 1.54) is 0 Å². The maximum absolute atomic E-state index is 6.10. The smallest absolute Gasteiger partial charge is 0.124 e. The molecule has 2 rings (SSSR count). The van der Waals surface area contributed by atoms with Crippen LogP contribution in [0.5, 0.6) is 11.5 Å². The monoisotopic (exact) mass is 233 g/mol. The molecule has 4 nitrogen and oxygen atoms in total. The van der Waals surface area contributed by atoms with E-state index in [0.717, 1.165) is 5.56 Å². The van der Waals surface area contributed by atoms with E-state index in [0.29, 0.717) is 17.3 Å². The molecule has 0 spiro atoms. The third-order valence-corrected chi connectivity index (χ3v) is 2.58. The van der Waals surface area contributed by atoms with Crippen LogP contribution in [-0.2, 0) is 0 Å². The van der Waals surface area contributed by atoms with Crippen molar-refractivity contribution < 1.29 is 13.9 Å². The molecule has 1 atom stereocenters. The van der Waals surface area contributed by atoms with Crippen LogP contribution in [0.25, 0.3) is 0 Å². The summed E-state index contributed by atoms with van der Waals surface area (Å²) in [5.41, 5.74) is 6.99. The molecular formula is C13H15NO3. The number of benzene rings is 1. The average Bonchev–Trinajstić information content (AvgIpc) is 2.91. The van der Waals surface area contributed by atoms with Crippen molar-refractivity contribution in [3.05, 3.63) is 47.9 Å². The van der Waals surface area contributed by atoms with Gasteiger partial charge in [0.2, 0.25) is 0 Å². The highest BCUT2D eigenvalue weighted by molar-refractivity contribution is 5.41. The summed E-state index contributed by atoms with van der Waals surface area (Å²) in [6.45, 7) is 0. The molecular weight excluding hydrogens is 218 g/mol. The van der Waals surface area contributed by atoms with E-state index in [4.69, 9.17) is 19.6 Å². The van der Waals surface area contributed by atoms with E-state index in [1.54, 1.807) is 26.5 Å². The lowest BCUT2D eigenvalue weighted by atomic mass is 10.0. The van der Waals surface area contributed by atoms with Crippen LogP contribution in [0.15, 0.2) is 41.0 Å². The van der Waals surface area contributed by atoms with Crippen molar-refractivity contribution in [1.29, 1.82) is 0 Å². The molecule has 0 amide bonds. The number of ether oxygens (including phenoxy) is 2. The molecule has 2 N–H and O–H groups in total. The Labute approximate surface area is 99.9 Å². The average molecular weight is 233 g/mol. The zero-order valence-corrected chi connectivity index (χ0v) is 9.84. The van der Waals surface area contributed by atoms with Crippen molar-refractivity contribution in [3.8, 4) is 11.5 Å². The van der Waals surface area contributed by atoms with Gasteiger partial charge in [-0.3, -0.25) is 0 Å². The van der Waals surface area contributed by atoms with Gasteiger partial charge in [0.15, 0.2) is 0 Å². The summed E-state index contributed by atoms with van der Waals surface area (Å²) >= 11 is 0. The standard InChI is InChI=1S/C13H15NO3/c1-15-10-6-9(7-11(8-10)16-2)13(14)12-4-3-5-17-12/h3-8,13H,14H2,1-2H3. The summed E-state index contributed by atoms with van der Waals surface area (Å²) in [5.74, 6) is 2.13. The first kappa shape index (κ1) is 11.5. The Morgan fingerprint density at radius 1 is 1.12 bits per heavy atom. The van der Waals surface area contributed by atoms with E-state index < -0.39 is 0 Å². The minimum absolute atomic E-state index is 0.325. The summed E-state index contributed by atoms with van der Waals surface area (Å²) in [4.78, 5) is 0. The van der Waals surface area contributed by atoms with Crippen molar-refractivity contribution in [2.24, 2.45) is 5.73 Å². The van der Waals surface area contributed by atoms with Crippen LogP contribution in [0.1, 0.15) is 17.4 Å². The van der Waals surface area contributed by atoms with Gasteiger partial charge >= 0.3 is 0 Å². The first-order valence-electron chi connectivity index (χ1n) is 5.26. The predicted octanol–water partition coefficient (Wildman–Crippen LogP) is 2.34. The summed E-state index contributed by atoms with van der Waals surface area (Å²) in [7, 11) is 3.22. The molecule has 4 heteroatoms. The fourth-order valence-electron chi connectivity index (χ4n) is 1.64. The van der Waals surface area contributed by atoms with Gasteiger partial charge in [-0.1, -0.05) is 0 Å². The number of nitrogens with two attached hydrogens (primary N) is 1. The second-order valence-electron chi connectivity index (χ2n) is 3.64. The van der Waals surface area contributed by atoms with Gasteiger partial charge in [-0.15, -0.1) is 0 Å². The first-order chi connectivity index (χ1) is 8.24. The SMILES string of the molecule is COc1cc(OC)cc(C(N)c2ccco2)c1. The number of rotatable bonds is 4. The van der Waals surface area contributed by atoms with E-state index in [2.05, 4.69) is 0 Å². The van der Waals surface area contributed by atoms with Crippen LogP contribution < -0.4 is 15.2 Å². The molecule has 0 radical (unpaired) electrons. The second-order valence-corrected chi connectivity index (χ2v) is 3.64. The van der Waals surface area contributed by atoms with Crippen molar-refractivity contribution in [3.63, 3.8) is 0 Å². The lowest BCUT2D eigenvalue weighted by Crippen LogP contribution is -2.11. The summed E-state index contributed by atoms with van der Waals surface area (Å²) in [5, 5.41) is 0. The number of hydrogen-bond acceptors (Lipinski definition) is 4. The van der Waals surface area contributed by atoms with Gasteiger partial charge < -0.3 is 19.6 Å². The number of furan rings is 1. The Morgan fingerprint density at radius 3 is 2.24 bits per heavy atom. The Kier molecular flexibility index (Phi) is 3.35. The Balaban J connectivity index is 2.37. The van der Waals surface area contributed by atoms with Gasteiger partial charge in [-0.25, -0.2) is 0 Å². The zero-order chi connectivity index (χ0) is 12.3. The summed E-state index contributed by atoms with van der Waals surface area (Å²) in [6, 6.07) is 8.88. The maximum Gasteiger partial charge on any atom is 0.124 e. The van der Waals surface area contributed by atoms with Crippen molar-refractivity contribution in [2.75, 3.05) is 14.2 Å². The zero-order valence-electron chi connectivity index (χ0n) is 9.84. The molecule has 0 aliphatic rings. The molecule has 0 bridgehead atoms. The number of hydrogen-bond donors (Lipinski definition) is 1. The second kappa shape index (κ2) is 4.93. The molecule has 1 aromatic carbocycles. The quantitative estimate of drug-likeness (QED) is 0.880. The van der Waals surface area contributed by atoms with Crippen LogP contribution >= 0.6 is 0 Å². The fourth-order valence-corrected chi connectivity index (χ4v) is 1.64. The van der Waals surface area contributed by atoms with Crippen LogP contribution in [0.2, 0.25) is 0 Å². The third kappa shape index (κ3) is 2.42. The van der Waals surface area contributed by atoms with Gasteiger partial charge in [0.25, 0.3) is 0 Å². The normalized spacial score (nSPS) is 12.2. The van der Waals surface area contributed by atoms with E-state index >= 15 is 0 Å². The van der Waals surface area contributed by atoms with Crippen molar-refractivity contribution in [1.82, 2.24) is 0 Å². The molecule has 90 valence electrons. The predicted molar refractivity (Wildman–Crippen MR) is 64.3 cm³/mol. The molecule has 17 heavy (non-hydrogen) atoms. The fraction of sp³-hybridized carbons (Fsp3) is 0.231. The van der Waals surface area contributed by atoms with Crippen LogP contribution in [-0.4, -0.2) is 14.2 Å². The van der Waals surface area contributed by atoms with Crippen LogP contribution in [0, 0.1) is 0 Å². The molecule has 0 fully saturated rings. The maximum atomic E-state index is 6.10. The minimum Gasteiger partial charge on any atom is -0.497 e. The van der Waals surface area contributed by atoms with Gasteiger partial charge in [0.05, 0.1) is 26.5 Å². The molecule has 1 aromatic heterocycles. The summed E-state index contributed by atoms with van der Waals surface area (Å²) < 4.78 is 15.7. The molecule has 0 saturated carbocycles. The highest BCUT2D eigenvalue weighted by Crippen LogP contribution is 2.28. The van der Waals surface area contributed by atoms with Crippen LogP contribution in [0.3, 0.4) is 0 Å². The van der Waals surface area contributed by atoms with E-state index in [9.17, 15) is 0 Å². The molecule has 0 saturated heterocycles. The highest BCUT2D eigenvalue weighted by Gasteiger charge is 2.14. The van der Waals surface area contributed by atoms with Gasteiger partial charge in [-0.2, -0.15) is 0 Å². The molecule has 1 unspecified atom stereocenters. The molecule has 0 aliphatic carbocycles. The molecule has 0 aliphatic heterocycles. The van der Waals surface area contributed by atoms with Crippen molar-refractivity contribution >= 4 is 0 Å². The van der Waals surface area contributed by atoms with Gasteiger partial charge in [-0.05, 0) is 29.8 Å². The highest BCUT2D eigenvalue weighted by atomic mass is 16.5. The Hall–Kier alpha value is -1.94. The lowest BCUT2D eigenvalue weighted by molar-refractivity contribution is 0.392. The van der Waals surface area contributed by atoms with Gasteiger partial charge in [0, 0.05) is 6.07 Å². The lowest BCUT2D eigenvalue weighted by Gasteiger charge is -2.12. The number of methoxy groups -OCH3 is 2. The van der Waals surface area contributed by atoms with Crippen molar-refractivity contribution in [2.45, 2.75) is 6.04 Å². The van der Waals surface area contributed by atoms with E-state index in [-0.39, 0.29) is 6.04 Å². The topological polar surface area (TPSA) is 57.6 Å². The molecule has 2 aromatic rings. The largest absolute Gasteiger partial charge is 0.497 e. The first-order valence-corrected chi connectivity index (χ1v) is 5.26. The third-order valence-electron chi connectivity index (χ3n) is 2.58. The van der Waals surface area contributed by atoms with Gasteiger partial charge in [0.1, 0.15) is 17.3 Å². The summed E-state index contributed by atoms with van der Waals surface area (Å²) in [6.07, 6.45) is 1.60. The Morgan fingerprint density at radius 2 is 1.76 bits per heavy atom.